The Bertz CT molecular complexity index is 1780. The number of nitrogens with two attached hydrogens (primary N) is 1. The molecule has 2 atom stereocenters. The average molecular weight is 569 g/mol. The van der Waals surface area contributed by atoms with Crippen LogP contribution in [0.2, 0.25) is 0 Å². The van der Waals surface area contributed by atoms with Crippen LogP contribution in [0, 0.1) is 18.6 Å². The summed E-state index contributed by atoms with van der Waals surface area (Å²) in [5.74, 6) is -2.41. The van der Waals surface area contributed by atoms with Gasteiger partial charge in [-0.2, -0.15) is 0 Å². The van der Waals surface area contributed by atoms with Gasteiger partial charge in [0.05, 0.1) is 17.8 Å². The summed E-state index contributed by atoms with van der Waals surface area (Å²) in [4.78, 5) is 30.1. The molecular weight excluding hydrogens is 538 g/mol. The number of aliphatic hydroxyl groups excluding tert-OH is 1. The zero-order valence-corrected chi connectivity index (χ0v) is 23.1. The van der Waals surface area contributed by atoms with Gasteiger partial charge in [-0.05, 0) is 67.8 Å². The molecule has 0 aliphatic carbocycles. The van der Waals surface area contributed by atoms with E-state index in [2.05, 4.69) is 10.3 Å². The van der Waals surface area contributed by atoms with Gasteiger partial charge in [-0.3, -0.25) is 14.6 Å². The molecule has 0 radical (unpaired) electrons. The Kier molecular flexibility index (Phi) is 8.13. The molecule has 2 aromatic heterocycles. The minimum atomic E-state index is -0.787. The molecule has 5 rings (SSSR count). The van der Waals surface area contributed by atoms with E-state index in [1.807, 2.05) is 35.8 Å². The number of amides is 2. The fourth-order valence-electron chi connectivity index (χ4n) is 5.53. The van der Waals surface area contributed by atoms with Gasteiger partial charge in [0.2, 0.25) is 11.8 Å². The lowest BCUT2D eigenvalue weighted by atomic mass is 9.94. The van der Waals surface area contributed by atoms with Crippen LogP contribution in [-0.4, -0.2) is 26.5 Å². The molecule has 0 bridgehead atoms. The molecule has 2 heterocycles. The summed E-state index contributed by atoms with van der Waals surface area (Å²) in [6.07, 6.45) is 0.882. The van der Waals surface area contributed by atoms with Crippen molar-refractivity contribution in [2.45, 2.75) is 39.0 Å². The minimum Gasteiger partial charge on any atom is -0.389 e. The van der Waals surface area contributed by atoms with Crippen molar-refractivity contribution in [1.29, 1.82) is 0 Å². The zero-order valence-electron chi connectivity index (χ0n) is 23.1. The Morgan fingerprint density at radius 1 is 1.00 bits per heavy atom. The predicted molar refractivity (Wildman–Crippen MR) is 156 cm³/mol. The third-order valence-electron chi connectivity index (χ3n) is 7.32. The van der Waals surface area contributed by atoms with Crippen LogP contribution in [0.1, 0.15) is 51.9 Å². The molecule has 0 saturated carbocycles. The monoisotopic (exact) mass is 568 g/mol. The summed E-state index contributed by atoms with van der Waals surface area (Å²) in [6.45, 7) is 3.47. The summed E-state index contributed by atoms with van der Waals surface area (Å²) >= 11 is 0. The van der Waals surface area contributed by atoms with Gasteiger partial charge in [0.25, 0.3) is 0 Å². The van der Waals surface area contributed by atoms with Gasteiger partial charge in [0, 0.05) is 45.6 Å². The Balaban J connectivity index is 1.55. The van der Waals surface area contributed by atoms with Crippen LogP contribution >= 0.6 is 0 Å². The highest BCUT2D eigenvalue weighted by Gasteiger charge is 2.24. The molecule has 5 aromatic rings. The lowest BCUT2D eigenvalue weighted by Gasteiger charge is -2.22. The van der Waals surface area contributed by atoms with Gasteiger partial charge in [0.15, 0.2) is 0 Å². The summed E-state index contributed by atoms with van der Waals surface area (Å²) in [6, 6.07) is 20.2. The number of aliphatic hydroxyl groups is 1. The van der Waals surface area contributed by atoms with Crippen LogP contribution in [0.3, 0.4) is 0 Å². The summed E-state index contributed by atoms with van der Waals surface area (Å²) < 4.78 is 30.1. The van der Waals surface area contributed by atoms with Crippen molar-refractivity contribution in [3.63, 3.8) is 0 Å². The summed E-state index contributed by atoms with van der Waals surface area (Å²) in [7, 11) is 0. The number of fused-ring (bicyclic) bond motifs is 1. The Morgan fingerprint density at radius 3 is 2.45 bits per heavy atom. The van der Waals surface area contributed by atoms with E-state index in [1.54, 1.807) is 49.5 Å². The fourth-order valence-corrected chi connectivity index (χ4v) is 5.53. The van der Waals surface area contributed by atoms with E-state index in [9.17, 15) is 23.5 Å². The molecule has 3 aromatic carbocycles. The number of nitrogens with one attached hydrogen (secondary N) is 1. The minimum absolute atomic E-state index is 0.0459. The number of benzene rings is 3. The molecule has 2 amide bonds. The van der Waals surface area contributed by atoms with E-state index >= 15 is 0 Å². The molecule has 214 valence electrons. The highest BCUT2D eigenvalue weighted by Crippen LogP contribution is 2.32. The van der Waals surface area contributed by atoms with Crippen LogP contribution in [-0.2, 0) is 17.8 Å². The van der Waals surface area contributed by atoms with Gasteiger partial charge in [0.1, 0.15) is 18.2 Å². The van der Waals surface area contributed by atoms with Crippen molar-refractivity contribution < 1.29 is 23.5 Å². The van der Waals surface area contributed by atoms with Crippen LogP contribution in [0.15, 0.2) is 85.1 Å². The molecule has 0 aliphatic heterocycles. The standard InChI is InChI=1S/C33H30F2N4O3/c1-19-31(20(2)40)27-9-3-4-11-29(27)39(19)18-30(41)38-28(15-21-13-24(34)17-25(35)14-21)32-26(10-6-12-37-32)22-7-5-8-23(16-22)33(36)42/h3-14,16-17,20,28,40H,15,18H2,1-2H3,(H2,36,42)(H,38,41). The van der Waals surface area contributed by atoms with Crippen LogP contribution in [0.4, 0.5) is 8.78 Å². The van der Waals surface area contributed by atoms with E-state index < -0.39 is 29.7 Å². The first-order chi connectivity index (χ1) is 20.1. The molecule has 42 heavy (non-hydrogen) atoms. The first kappa shape index (κ1) is 28.6. The van der Waals surface area contributed by atoms with Gasteiger partial charge >= 0.3 is 0 Å². The third kappa shape index (κ3) is 5.91. The topological polar surface area (TPSA) is 110 Å². The third-order valence-corrected chi connectivity index (χ3v) is 7.32. The molecule has 7 nitrogen and oxygen atoms in total. The summed E-state index contributed by atoms with van der Waals surface area (Å²) in [5, 5.41) is 14.3. The number of rotatable bonds is 9. The van der Waals surface area contributed by atoms with Crippen LogP contribution in [0.5, 0.6) is 0 Å². The number of carbonyl (C=O) groups excluding carboxylic acids is 2. The van der Waals surface area contributed by atoms with E-state index in [0.29, 0.717) is 27.9 Å². The average Bonchev–Trinajstić information content (AvgIpc) is 3.23. The number of pyridine rings is 1. The lowest BCUT2D eigenvalue weighted by Crippen LogP contribution is -2.34. The van der Waals surface area contributed by atoms with Crippen LogP contribution in [0.25, 0.3) is 22.0 Å². The first-order valence-corrected chi connectivity index (χ1v) is 13.5. The zero-order chi connectivity index (χ0) is 30.0. The van der Waals surface area contributed by atoms with E-state index in [4.69, 9.17) is 5.73 Å². The van der Waals surface area contributed by atoms with Crippen molar-refractivity contribution >= 4 is 22.7 Å². The predicted octanol–water partition coefficient (Wildman–Crippen LogP) is 5.54. The second kappa shape index (κ2) is 11.9. The number of nitrogens with zero attached hydrogens (tertiary/aromatic N) is 2. The summed E-state index contributed by atoms with van der Waals surface area (Å²) in [5.41, 5.74) is 10.2. The van der Waals surface area contributed by atoms with Crippen molar-refractivity contribution in [2.75, 3.05) is 0 Å². The number of primary amides is 1. The smallest absolute Gasteiger partial charge is 0.248 e. The molecule has 0 aliphatic rings. The van der Waals surface area contributed by atoms with Crippen LogP contribution < -0.4 is 11.1 Å². The second-order valence-corrected chi connectivity index (χ2v) is 10.3. The lowest BCUT2D eigenvalue weighted by molar-refractivity contribution is -0.122. The Hall–Kier alpha value is -4.89. The SMILES string of the molecule is Cc1c(C(C)O)c2ccccc2n1CC(=O)NC(Cc1cc(F)cc(F)c1)c1ncccc1-c1cccc(C(N)=O)c1. The highest BCUT2D eigenvalue weighted by molar-refractivity contribution is 5.94. The van der Waals surface area contributed by atoms with Crippen molar-refractivity contribution in [3.8, 4) is 11.1 Å². The number of aromatic nitrogens is 2. The number of hydrogen-bond donors (Lipinski definition) is 3. The molecular formula is C33H30F2N4O3. The largest absolute Gasteiger partial charge is 0.389 e. The quantitative estimate of drug-likeness (QED) is 0.217. The maximum atomic E-state index is 14.1. The first-order valence-electron chi connectivity index (χ1n) is 13.5. The molecule has 0 fully saturated rings. The second-order valence-electron chi connectivity index (χ2n) is 10.3. The maximum Gasteiger partial charge on any atom is 0.248 e. The number of hydrogen-bond acceptors (Lipinski definition) is 4. The normalized spacial score (nSPS) is 12.7. The molecule has 9 heteroatoms. The number of para-hydroxylation sites is 1. The molecule has 4 N–H and O–H groups in total. The van der Waals surface area contributed by atoms with E-state index in [1.165, 1.54) is 12.1 Å². The van der Waals surface area contributed by atoms with E-state index in [0.717, 1.165) is 28.2 Å². The van der Waals surface area contributed by atoms with Crippen molar-refractivity contribution in [3.05, 3.63) is 125 Å². The number of carbonyl (C=O) groups is 2. The Labute approximate surface area is 241 Å². The van der Waals surface area contributed by atoms with Gasteiger partial charge in [-0.15, -0.1) is 0 Å². The molecule has 2 unspecified atom stereocenters. The van der Waals surface area contributed by atoms with Crippen molar-refractivity contribution in [1.82, 2.24) is 14.9 Å². The molecule has 0 saturated heterocycles. The Morgan fingerprint density at radius 2 is 1.74 bits per heavy atom. The van der Waals surface area contributed by atoms with E-state index in [-0.39, 0.29) is 18.9 Å². The van der Waals surface area contributed by atoms with Gasteiger partial charge < -0.3 is 20.7 Å². The van der Waals surface area contributed by atoms with Gasteiger partial charge in [-0.25, -0.2) is 8.78 Å². The van der Waals surface area contributed by atoms with Crippen molar-refractivity contribution in [2.24, 2.45) is 5.73 Å². The highest BCUT2D eigenvalue weighted by atomic mass is 19.1. The van der Waals surface area contributed by atoms with Gasteiger partial charge in [-0.1, -0.05) is 36.4 Å². The molecule has 0 spiro atoms. The fraction of sp³-hybridized carbons (Fsp3) is 0.182. The maximum absolute atomic E-state index is 14.1. The number of halogens is 2.